The second-order valence-electron chi connectivity index (χ2n) is 4.28. The molecule has 0 aliphatic carbocycles. The van der Waals surface area contributed by atoms with E-state index >= 15 is 0 Å². The predicted octanol–water partition coefficient (Wildman–Crippen LogP) is 1.87. The van der Waals surface area contributed by atoms with E-state index < -0.39 is 0 Å². The minimum absolute atomic E-state index is 0.154. The Morgan fingerprint density at radius 1 is 1.50 bits per heavy atom. The maximum atomic E-state index is 11.9. The van der Waals surface area contributed by atoms with Crippen molar-refractivity contribution in [1.82, 2.24) is 19.7 Å². The molecule has 0 amide bonds. The molecule has 0 saturated heterocycles. The number of aromatic nitrogens is 4. The number of hydrogen-bond acceptors (Lipinski definition) is 5. The molecule has 0 aliphatic heterocycles. The Labute approximate surface area is 112 Å². The molecule has 18 heavy (non-hydrogen) atoms. The zero-order valence-corrected chi connectivity index (χ0v) is 11.9. The lowest BCUT2D eigenvalue weighted by Gasteiger charge is -2.03. The third-order valence-corrected chi connectivity index (χ3v) is 3.36. The molecule has 2 aromatic heterocycles. The van der Waals surface area contributed by atoms with E-state index in [0.717, 1.165) is 0 Å². The summed E-state index contributed by atoms with van der Waals surface area (Å²) in [7, 11) is 0. The van der Waals surface area contributed by atoms with E-state index in [1.807, 2.05) is 13.8 Å². The molecule has 0 aliphatic rings. The van der Waals surface area contributed by atoms with Gasteiger partial charge in [0.15, 0.2) is 5.82 Å². The van der Waals surface area contributed by atoms with Gasteiger partial charge in [0, 0.05) is 5.92 Å². The molecule has 0 N–H and O–H groups in total. The maximum absolute atomic E-state index is 11.9. The van der Waals surface area contributed by atoms with Gasteiger partial charge in [-0.2, -0.15) is 4.98 Å². The van der Waals surface area contributed by atoms with E-state index in [2.05, 4.69) is 31.1 Å². The van der Waals surface area contributed by atoms with Crippen molar-refractivity contribution in [1.29, 1.82) is 0 Å². The van der Waals surface area contributed by atoms with Crippen molar-refractivity contribution in [2.45, 2.75) is 33.2 Å². The first kappa shape index (κ1) is 12.9. The Balaban J connectivity index is 2.29. The molecule has 2 rings (SSSR count). The summed E-state index contributed by atoms with van der Waals surface area (Å²) < 4.78 is 6.98. The van der Waals surface area contributed by atoms with Crippen LogP contribution in [0.3, 0.4) is 0 Å². The van der Waals surface area contributed by atoms with Crippen LogP contribution in [0.2, 0.25) is 0 Å². The molecule has 0 radical (unpaired) electrons. The van der Waals surface area contributed by atoms with Gasteiger partial charge in [-0.05, 0) is 22.9 Å². The van der Waals surface area contributed by atoms with Crippen LogP contribution in [0.15, 0.2) is 20.1 Å². The predicted molar refractivity (Wildman–Crippen MR) is 68.4 cm³/mol. The fourth-order valence-electron chi connectivity index (χ4n) is 1.38. The van der Waals surface area contributed by atoms with Gasteiger partial charge in [-0.25, -0.2) is 4.98 Å². The third kappa shape index (κ3) is 2.50. The summed E-state index contributed by atoms with van der Waals surface area (Å²) in [5.41, 5.74) is 0.505. The van der Waals surface area contributed by atoms with Crippen molar-refractivity contribution in [3.8, 4) is 0 Å². The Morgan fingerprint density at radius 2 is 2.22 bits per heavy atom. The maximum Gasteiger partial charge on any atom is 0.268 e. The van der Waals surface area contributed by atoms with E-state index in [4.69, 9.17) is 4.52 Å². The molecule has 0 bridgehead atoms. The number of aryl methyl sites for hydroxylation is 1. The quantitative estimate of drug-likeness (QED) is 0.865. The van der Waals surface area contributed by atoms with Gasteiger partial charge < -0.3 is 4.52 Å². The number of halogens is 1. The average Bonchev–Trinajstić information content (AvgIpc) is 2.79. The van der Waals surface area contributed by atoms with E-state index in [9.17, 15) is 4.79 Å². The smallest absolute Gasteiger partial charge is 0.268 e. The highest BCUT2D eigenvalue weighted by atomic mass is 79.9. The van der Waals surface area contributed by atoms with Crippen LogP contribution in [-0.2, 0) is 6.54 Å². The first-order valence-corrected chi connectivity index (χ1v) is 6.32. The van der Waals surface area contributed by atoms with Crippen molar-refractivity contribution in [3.05, 3.63) is 38.6 Å². The van der Waals surface area contributed by atoms with Crippen molar-refractivity contribution in [2.75, 3.05) is 0 Å². The molecule has 0 spiro atoms. The molecule has 2 heterocycles. The minimum Gasteiger partial charge on any atom is -0.339 e. The molecular weight excluding hydrogens is 300 g/mol. The van der Waals surface area contributed by atoms with Gasteiger partial charge in [-0.15, -0.1) is 0 Å². The highest BCUT2D eigenvalue weighted by Gasteiger charge is 2.12. The van der Waals surface area contributed by atoms with Gasteiger partial charge in [-0.1, -0.05) is 19.0 Å². The number of hydrogen-bond donors (Lipinski definition) is 0. The van der Waals surface area contributed by atoms with E-state index in [0.29, 0.717) is 21.9 Å². The monoisotopic (exact) mass is 312 g/mol. The molecule has 0 fully saturated rings. The van der Waals surface area contributed by atoms with Gasteiger partial charge in [0.1, 0.15) is 4.47 Å². The van der Waals surface area contributed by atoms with Crippen LogP contribution >= 0.6 is 15.9 Å². The van der Waals surface area contributed by atoms with Crippen LogP contribution in [0.25, 0.3) is 0 Å². The minimum atomic E-state index is -0.154. The summed E-state index contributed by atoms with van der Waals surface area (Å²) in [6, 6.07) is 0. The Hall–Kier alpha value is -1.50. The standard InChI is InChI=1S/C11H13BrN4O2/c1-6(2)10-14-8(15-18-10)4-16-5-13-7(3)9(12)11(16)17/h5-6H,4H2,1-3H3. The van der Waals surface area contributed by atoms with Gasteiger partial charge in [0.05, 0.1) is 18.6 Å². The summed E-state index contributed by atoms with van der Waals surface area (Å²) >= 11 is 3.21. The largest absolute Gasteiger partial charge is 0.339 e. The van der Waals surface area contributed by atoms with Gasteiger partial charge >= 0.3 is 0 Å². The average molecular weight is 313 g/mol. The van der Waals surface area contributed by atoms with Gasteiger partial charge in [0.2, 0.25) is 5.89 Å². The highest BCUT2D eigenvalue weighted by molar-refractivity contribution is 9.10. The second-order valence-corrected chi connectivity index (χ2v) is 5.07. The second kappa shape index (κ2) is 5.01. The molecule has 96 valence electrons. The van der Waals surface area contributed by atoms with Crippen molar-refractivity contribution in [2.24, 2.45) is 0 Å². The van der Waals surface area contributed by atoms with E-state index in [1.165, 1.54) is 10.9 Å². The lowest BCUT2D eigenvalue weighted by atomic mass is 10.2. The van der Waals surface area contributed by atoms with E-state index in [-0.39, 0.29) is 18.0 Å². The molecule has 2 aromatic rings. The Kier molecular flexibility index (Phi) is 3.60. The zero-order valence-electron chi connectivity index (χ0n) is 10.3. The third-order valence-electron chi connectivity index (χ3n) is 2.45. The van der Waals surface area contributed by atoms with Crippen LogP contribution in [0, 0.1) is 6.92 Å². The fraction of sp³-hybridized carbons (Fsp3) is 0.455. The van der Waals surface area contributed by atoms with E-state index in [1.54, 1.807) is 6.92 Å². The summed E-state index contributed by atoms with van der Waals surface area (Å²) in [5.74, 6) is 1.21. The molecule has 0 atom stereocenters. The van der Waals surface area contributed by atoms with Crippen molar-refractivity contribution in [3.63, 3.8) is 0 Å². The molecule has 7 heteroatoms. The van der Waals surface area contributed by atoms with Crippen LogP contribution in [0.1, 0.15) is 37.2 Å². The lowest BCUT2D eigenvalue weighted by Crippen LogP contribution is -2.23. The summed E-state index contributed by atoms with van der Waals surface area (Å²) in [6.45, 7) is 5.95. The first-order valence-electron chi connectivity index (χ1n) is 5.53. The molecular formula is C11H13BrN4O2. The fourth-order valence-corrected chi connectivity index (χ4v) is 1.71. The number of rotatable bonds is 3. The number of nitrogens with zero attached hydrogens (tertiary/aromatic N) is 4. The van der Waals surface area contributed by atoms with Crippen LogP contribution in [0.4, 0.5) is 0 Å². The Bertz CT molecular complexity index is 618. The van der Waals surface area contributed by atoms with Gasteiger partial charge in [0.25, 0.3) is 5.56 Å². The van der Waals surface area contributed by atoms with Crippen LogP contribution in [-0.4, -0.2) is 19.7 Å². The summed E-state index contributed by atoms with van der Waals surface area (Å²) in [5, 5.41) is 3.84. The molecule has 0 aromatic carbocycles. The van der Waals surface area contributed by atoms with Crippen LogP contribution in [0.5, 0.6) is 0 Å². The molecule has 6 nitrogen and oxygen atoms in total. The molecule has 0 unspecified atom stereocenters. The first-order chi connectivity index (χ1) is 8.49. The summed E-state index contributed by atoms with van der Waals surface area (Å²) in [4.78, 5) is 20.2. The van der Waals surface area contributed by atoms with Crippen LogP contribution < -0.4 is 5.56 Å². The topological polar surface area (TPSA) is 73.8 Å². The Morgan fingerprint density at radius 3 is 2.83 bits per heavy atom. The van der Waals surface area contributed by atoms with Crippen molar-refractivity contribution >= 4 is 15.9 Å². The molecule has 0 saturated carbocycles. The highest BCUT2D eigenvalue weighted by Crippen LogP contribution is 2.11. The SMILES string of the molecule is Cc1ncn(Cc2noc(C(C)C)n2)c(=O)c1Br. The normalized spacial score (nSPS) is 11.2. The lowest BCUT2D eigenvalue weighted by molar-refractivity contribution is 0.359. The summed E-state index contributed by atoms with van der Waals surface area (Å²) in [6.07, 6.45) is 1.48. The van der Waals surface area contributed by atoms with Gasteiger partial charge in [-0.3, -0.25) is 9.36 Å². The zero-order chi connectivity index (χ0) is 13.3. The van der Waals surface area contributed by atoms with Crippen molar-refractivity contribution < 1.29 is 4.52 Å².